The number of nitrogens with zero attached hydrogens (tertiary/aromatic N) is 1. The number of halogens is 1. The van der Waals surface area contributed by atoms with Crippen LogP contribution in [0.3, 0.4) is 0 Å². The fourth-order valence-electron chi connectivity index (χ4n) is 3.05. The van der Waals surface area contributed by atoms with Gasteiger partial charge < -0.3 is 15.0 Å². The second-order valence-corrected chi connectivity index (χ2v) is 6.40. The van der Waals surface area contributed by atoms with Gasteiger partial charge in [0.25, 0.3) is 5.91 Å². The van der Waals surface area contributed by atoms with E-state index >= 15 is 0 Å². The number of hydrogen-bond donors (Lipinski definition) is 1. The lowest BCUT2D eigenvalue weighted by Gasteiger charge is -2.39. The molecule has 0 unspecified atom stereocenters. The maximum absolute atomic E-state index is 13.0. The van der Waals surface area contributed by atoms with E-state index in [4.69, 9.17) is 11.6 Å². The van der Waals surface area contributed by atoms with Crippen molar-refractivity contribution in [1.82, 2.24) is 4.90 Å². The molecular formula is C17H23ClN2O3. The van der Waals surface area contributed by atoms with E-state index in [1.54, 1.807) is 18.2 Å². The number of likely N-dealkylation sites (tertiary alicyclic amines) is 1. The minimum atomic E-state index is -0.391. The van der Waals surface area contributed by atoms with Crippen molar-refractivity contribution in [3.05, 3.63) is 28.8 Å². The number of piperidine rings is 1. The van der Waals surface area contributed by atoms with Crippen LogP contribution >= 0.6 is 11.6 Å². The molecule has 1 heterocycles. The molecule has 1 aliphatic heterocycles. The molecule has 2 rings (SSSR count). The van der Waals surface area contributed by atoms with E-state index in [9.17, 15) is 9.59 Å². The Hall–Kier alpha value is -1.75. The summed E-state index contributed by atoms with van der Waals surface area (Å²) in [6.07, 6.45) is 3.14. The molecule has 0 bridgehead atoms. The quantitative estimate of drug-likeness (QED) is 0.855. The average molecular weight is 339 g/mol. The standard InChI is InChI=1S/C17H23ClN2O3/c1-11-5-4-6-12(2)20(11)17(22)14-9-13(18)7-8-15(14)19-10-16(21)23-3/h7-9,11-12,19H,4-6,10H2,1-3H3/t11-,12-/m1/s1. The summed E-state index contributed by atoms with van der Waals surface area (Å²) in [6.45, 7) is 4.14. The molecule has 0 saturated carbocycles. The molecule has 1 aromatic rings. The first-order chi connectivity index (χ1) is 10.9. The number of anilines is 1. The lowest BCUT2D eigenvalue weighted by Crippen LogP contribution is -2.47. The molecule has 1 saturated heterocycles. The summed E-state index contributed by atoms with van der Waals surface area (Å²) in [6, 6.07) is 5.45. The summed E-state index contributed by atoms with van der Waals surface area (Å²) in [5.41, 5.74) is 1.08. The maximum Gasteiger partial charge on any atom is 0.325 e. The molecule has 0 aromatic heterocycles. The van der Waals surface area contributed by atoms with Crippen LogP contribution in [0.5, 0.6) is 0 Å². The lowest BCUT2D eigenvalue weighted by molar-refractivity contribution is -0.138. The van der Waals surface area contributed by atoms with Gasteiger partial charge in [-0.15, -0.1) is 0 Å². The molecule has 23 heavy (non-hydrogen) atoms. The minimum absolute atomic E-state index is 0.00349. The zero-order chi connectivity index (χ0) is 17.0. The summed E-state index contributed by atoms with van der Waals surface area (Å²) in [4.78, 5) is 26.3. The summed E-state index contributed by atoms with van der Waals surface area (Å²) in [7, 11) is 1.33. The lowest BCUT2D eigenvalue weighted by atomic mass is 9.96. The fraction of sp³-hybridized carbons (Fsp3) is 0.529. The highest BCUT2D eigenvalue weighted by Crippen LogP contribution is 2.28. The van der Waals surface area contributed by atoms with Crippen molar-refractivity contribution in [2.45, 2.75) is 45.2 Å². The van der Waals surface area contributed by atoms with Crippen LogP contribution in [0.2, 0.25) is 5.02 Å². The average Bonchev–Trinajstić information content (AvgIpc) is 2.52. The van der Waals surface area contributed by atoms with Gasteiger partial charge in [-0.2, -0.15) is 0 Å². The molecule has 2 atom stereocenters. The molecular weight excluding hydrogens is 316 g/mol. The normalized spacial score (nSPS) is 21.0. The first kappa shape index (κ1) is 17.6. The number of esters is 1. The first-order valence-electron chi connectivity index (χ1n) is 7.87. The predicted molar refractivity (Wildman–Crippen MR) is 90.9 cm³/mol. The Bertz CT molecular complexity index is 581. The first-order valence-corrected chi connectivity index (χ1v) is 8.24. The third-order valence-electron chi connectivity index (χ3n) is 4.29. The van der Waals surface area contributed by atoms with E-state index in [2.05, 4.69) is 23.9 Å². The van der Waals surface area contributed by atoms with E-state index in [0.29, 0.717) is 16.3 Å². The van der Waals surface area contributed by atoms with Gasteiger partial charge in [-0.3, -0.25) is 9.59 Å². The van der Waals surface area contributed by atoms with Crippen LogP contribution in [-0.2, 0) is 9.53 Å². The molecule has 0 radical (unpaired) electrons. The highest BCUT2D eigenvalue weighted by atomic mass is 35.5. The Kier molecular flexibility index (Phi) is 5.88. The number of amides is 1. The van der Waals surface area contributed by atoms with Crippen LogP contribution in [0.25, 0.3) is 0 Å². The van der Waals surface area contributed by atoms with Crippen molar-refractivity contribution in [1.29, 1.82) is 0 Å². The molecule has 0 aliphatic carbocycles. The van der Waals surface area contributed by atoms with Crippen LogP contribution in [0.1, 0.15) is 43.5 Å². The zero-order valence-corrected chi connectivity index (χ0v) is 14.5. The van der Waals surface area contributed by atoms with E-state index in [-0.39, 0.29) is 24.5 Å². The molecule has 126 valence electrons. The van der Waals surface area contributed by atoms with Gasteiger partial charge in [-0.05, 0) is 51.3 Å². The number of benzene rings is 1. The number of nitrogens with one attached hydrogen (secondary N) is 1. The summed E-state index contributed by atoms with van der Waals surface area (Å²) >= 11 is 6.07. The molecule has 6 heteroatoms. The smallest absolute Gasteiger partial charge is 0.325 e. The summed E-state index contributed by atoms with van der Waals surface area (Å²) < 4.78 is 4.62. The van der Waals surface area contributed by atoms with Crippen molar-refractivity contribution < 1.29 is 14.3 Å². The Morgan fingerprint density at radius 1 is 1.30 bits per heavy atom. The third kappa shape index (κ3) is 4.16. The summed E-state index contributed by atoms with van der Waals surface area (Å²) in [5, 5.41) is 3.45. The number of ether oxygens (including phenoxy) is 1. The highest BCUT2D eigenvalue weighted by Gasteiger charge is 2.30. The van der Waals surface area contributed by atoms with Crippen LogP contribution in [0, 0.1) is 0 Å². The monoisotopic (exact) mass is 338 g/mol. The SMILES string of the molecule is COC(=O)CNc1ccc(Cl)cc1C(=O)N1[C@H](C)CCC[C@H]1C. The van der Waals surface area contributed by atoms with Gasteiger partial charge in [0, 0.05) is 22.8 Å². The second kappa shape index (κ2) is 7.68. The topological polar surface area (TPSA) is 58.6 Å². The fourth-order valence-corrected chi connectivity index (χ4v) is 3.22. The molecule has 5 nitrogen and oxygen atoms in total. The van der Waals surface area contributed by atoms with Crippen molar-refractivity contribution in [2.75, 3.05) is 19.0 Å². The molecule has 0 spiro atoms. The van der Waals surface area contributed by atoms with Crippen molar-refractivity contribution >= 4 is 29.2 Å². The molecule has 1 amide bonds. The minimum Gasteiger partial charge on any atom is -0.468 e. The molecule has 1 aromatic carbocycles. The highest BCUT2D eigenvalue weighted by molar-refractivity contribution is 6.31. The number of hydrogen-bond acceptors (Lipinski definition) is 4. The van der Waals surface area contributed by atoms with Crippen molar-refractivity contribution in [2.24, 2.45) is 0 Å². The third-order valence-corrected chi connectivity index (χ3v) is 4.53. The predicted octanol–water partition coefficient (Wildman–Crippen LogP) is 3.33. The van der Waals surface area contributed by atoms with Gasteiger partial charge in [-0.1, -0.05) is 11.6 Å². The van der Waals surface area contributed by atoms with Crippen LogP contribution in [0.15, 0.2) is 18.2 Å². The van der Waals surface area contributed by atoms with Gasteiger partial charge in [-0.25, -0.2) is 0 Å². The van der Waals surface area contributed by atoms with Crippen LogP contribution in [0.4, 0.5) is 5.69 Å². The zero-order valence-electron chi connectivity index (χ0n) is 13.8. The number of carbonyl (C=O) groups excluding carboxylic acids is 2. The van der Waals surface area contributed by atoms with Gasteiger partial charge in [0.15, 0.2) is 0 Å². The van der Waals surface area contributed by atoms with Crippen LogP contribution in [-0.4, -0.2) is 42.5 Å². The number of carbonyl (C=O) groups is 2. The second-order valence-electron chi connectivity index (χ2n) is 5.96. The Balaban J connectivity index is 2.27. The summed E-state index contributed by atoms with van der Waals surface area (Å²) in [5.74, 6) is -0.447. The van der Waals surface area contributed by atoms with Crippen molar-refractivity contribution in [3.8, 4) is 0 Å². The Morgan fingerprint density at radius 2 is 1.96 bits per heavy atom. The molecule has 1 N–H and O–H groups in total. The molecule has 1 fully saturated rings. The molecule has 1 aliphatic rings. The largest absolute Gasteiger partial charge is 0.468 e. The Labute approximate surface area is 141 Å². The van der Waals surface area contributed by atoms with Gasteiger partial charge in [0.2, 0.25) is 0 Å². The van der Waals surface area contributed by atoms with Crippen LogP contribution < -0.4 is 5.32 Å². The Morgan fingerprint density at radius 3 is 2.57 bits per heavy atom. The maximum atomic E-state index is 13.0. The van der Waals surface area contributed by atoms with E-state index in [0.717, 1.165) is 19.3 Å². The van der Waals surface area contributed by atoms with Gasteiger partial charge in [0.1, 0.15) is 6.54 Å². The number of methoxy groups -OCH3 is 1. The number of rotatable bonds is 4. The van der Waals surface area contributed by atoms with E-state index in [1.807, 2.05) is 4.90 Å². The van der Waals surface area contributed by atoms with E-state index in [1.165, 1.54) is 7.11 Å². The van der Waals surface area contributed by atoms with Gasteiger partial charge in [0.05, 0.1) is 12.7 Å². The van der Waals surface area contributed by atoms with Gasteiger partial charge >= 0.3 is 5.97 Å². The van der Waals surface area contributed by atoms with E-state index < -0.39 is 5.97 Å². The van der Waals surface area contributed by atoms with Crippen molar-refractivity contribution in [3.63, 3.8) is 0 Å².